The zero-order valence-electron chi connectivity index (χ0n) is 11.0. The second-order valence-corrected chi connectivity index (χ2v) is 5.21. The molecule has 0 aromatic carbocycles. The maximum Gasteiger partial charge on any atom is 0.225 e. The summed E-state index contributed by atoms with van der Waals surface area (Å²) in [5.74, 6) is 1.19. The summed E-state index contributed by atoms with van der Waals surface area (Å²) in [5.41, 5.74) is 0.257. The van der Waals surface area contributed by atoms with Crippen LogP contribution in [0.3, 0.4) is 0 Å². The van der Waals surface area contributed by atoms with E-state index in [0.717, 1.165) is 13.0 Å². The molecule has 0 radical (unpaired) electrons. The summed E-state index contributed by atoms with van der Waals surface area (Å²) >= 11 is 0. The number of nitrogens with one attached hydrogen (secondary N) is 1. The molecular weight excluding hydrogens is 230 g/mol. The number of nitrogens with zero attached hydrogens (tertiary/aromatic N) is 2. The zero-order chi connectivity index (χ0) is 13.0. The van der Waals surface area contributed by atoms with Gasteiger partial charge in [0.05, 0.1) is 6.10 Å². The third-order valence-corrected chi connectivity index (χ3v) is 3.21. The minimum absolute atomic E-state index is 0.108. The molecule has 0 bridgehead atoms. The van der Waals surface area contributed by atoms with Gasteiger partial charge in [0.25, 0.3) is 0 Å². The van der Waals surface area contributed by atoms with Crippen LogP contribution in [0.15, 0.2) is 12.3 Å². The molecule has 0 spiro atoms. The van der Waals surface area contributed by atoms with Crippen molar-refractivity contribution in [2.24, 2.45) is 5.41 Å². The van der Waals surface area contributed by atoms with E-state index in [9.17, 15) is 0 Å². The van der Waals surface area contributed by atoms with E-state index in [2.05, 4.69) is 15.3 Å². The molecule has 0 aliphatic heterocycles. The van der Waals surface area contributed by atoms with Gasteiger partial charge in [0, 0.05) is 25.4 Å². The highest BCUT2D eigenvalue weighted by Crippen LogP contribution is 2.48. The number of anilines is 1. The second-order valence-electron chi connectivity index (χ2n) is 5.21. The van der Waals surface area contributed by atoms with Crippen LogP contribution in [0.25, 0.3) is 0 Å². The Morgan fingerprint density at radius 3 is 2.89 bits per heavy atom. The van der Waals surface area contributed by atoms with Crippen molar-refractivity contribution in [2.75, 3.05) is 18.5 Å². The van der Waals surface area contributed by atoms with Crippen LogP contribution < -0.4 is 10.1 Å². The Kier molecular flexibility index (Phi) is 4.01. The lowest BCUT2D eigenvalue weighted by Gasteiger charge is -2.15. The quantitative estimate of drug-likeness (QED) is 0.774. The van der Waals surface area contributed by atoms with Gasteiger partial charge in [-0.2, -0.15) is 4.98 Å². The fourth-order valence-electron chi connectivity index (χ4n) is 1.93. The van der Waals surface area contributed by atoms with Crippen molar-refractivity contribution in [1.82, 2.24) is 9.97 Å². The van der Waals surface area contributed by atoms with Crippen molar-refractivity contribution < 1.29 is 9.84 Å². The van der Waals surface area contributed by atoms with E-state index in [0.29, 0.717) is 11.8 Å². The molecule has 1 heterocycles. The van der Waals surface area contributed by atoms with Crippen LogP contribution in [-0.2, 0) is 0 Å². The minimum Gasteiger partial charge on any atom is -0.475 e. The van der Waals surface area contributed by atoms with Gasteiger partial charge in [0.2, 0.25) is 11.8 Å². The lowest BCUT2D eigenvalue weighted by molar-refractivity contribution is 0.232. The Hall–Kier alpha value is -1.36. The summed E-state index contributed by atoms with van der Waals surface area (Å²) in [6.07, 6.45) is 4.99. The van der Waals surface area contributed by atoms with E-state index in [1.165, 1.54) is 12.8 Å². The topological polar surface area (TPSA) is 67.3 Å². The average Bonchev–Trinajstić information content (AvgIpc) is 3.07. The van der Waals surface area contributed by atoms with Gasteiger partial charge in [-0.15, -0.1) is 0 Å². The molecule has 2 N–H and O–H groups in total. The first kappa shape index (κ1) is 13.1. The Bertz CT molecular complexity index is 392. The van der Waals surface area contributed by atoms with Crippen LogP contribution in [0.4, 0.5) is 5.95 Å². The highest BCUT2D eigenvalue weighted by atomic mass is 16.5. The molecule has 1 saturated carbocycles. The molecule has 5 nitrogen and oxygen atoms in total. The molecule has 5 heteroatoms. The number of hydrogen-bond donors (Lipinski definition) is 2. The summed E-state index contributed by atoms with van der Waals surface area (Å²) in [6, 6.07) is 1.76. The van der Waals surface area contributed by atoms with Crippen molar-refractivity contribution in [3.05, 3.63) is 12.3 Å². The van der Waals surface area contributed by atoms with Crippen LogP contribution in [0.2, 0.25) is 0 Å². The monoisotopic (exact) mass is 251 g/mol. The number of rotatable bonds is 7. The molecule has 0 unspecified atom stereocenters. The van der Waals surface area contributed by atoms with Crippen molar-refractivity contribution in [3.8, 4) is 5.88 Å². The third kappa shape index (κ3) is 3.57. The highest BCUT2D eigenvalue weighted by molar-refractivity contribution is 5.28. The normalized spacial score (nSPS) is 16.7. The Labute approximate surface area is 108 Å². The predicted molar refractivity (Wildman–Crippen MR) is 69.7 cm³/mol. The van der Waals surface area contributed by atoms with Gasteiger partial charge in [0.15, 0.2) is 0 Å². The van der Waals surface area contributed by atoms with Crippen molar-refractivity contribution in [1.29, 1.82) is 0 Å². The molecule has 100 valence electrons. The first-order valence-corrected chi connectivity index (χ1v) is 6.48. The summed E-state index contributed by atoms with van der Waals surface area (Å²) in [5, 5.41) is 12.2. The largest absolute Gasteiger partial charge is 0.475 e. The number of hydrogen-bond acceptors (Lipinski definition) is 5. The predicted octanol–water partition coefficient (Wildman–Crippen LogP) is 1.84. The first-order chi connectivity index (χ1) is 8.63. The molecule has 1 aliphatic carbocycles. The Morgan fingerprint density at radius 2 is 2.28 bits per heavy atom. The standard InChI is InChI=1S/C13H21N3O2/c1-10(2)18-11-3-7-14-12(16-11)15-9-13(4-5-13)6-8-17/h3,7,10,17H,4-6,8-9H2,1-2H3,(H,14,15,16). The fraction of sp³-hybridized carbons (Fsp3) is 0.692. The molecule has 0 saturated heterocycles. The number of aliphatic hydroxyl groups is 1. The van der Waals surface area contributed by atoms with Gasteiger partial charge >= 0.3 is 0 Å². The molecule has 1 aromatic rings. The van der Waals surface area contributed by atoms with E-state index in [4.69, 9.17) is 9.84 Å². The van der Waals surface area contributed by atoms with Gasteiger partial charge < -0.3 is 15.2 Å². The number of aliphatic hydroxyl groups excluding tert-OH is 1. The number of aromatic nitrogens is 2. The average molecular weight is 251 g/mol. The maximum absolute atomic E-state index is 9.00. The van der Waals surface area contributed by atoms with Gasteiger partial charge in [0.1, 0.15) is 0 Å². The van der Waals surface area contributed by atoms with Gasteiger partial charge in [-0.25, -0.2) is 4.98 Å². The van der Waals surface area contributed by atoms with Crippen molar-refractivity contribution >= 4 is 5.95 Å². The van der Waals surface area contributed by atoms with Crippen LogP contribution in [0, 0.1) is 5.41 Å². The summed E-state index contributed by atoms with van der Waals surface area (Å²) in [7, 11) is 0. The van der Waals surface area contributed by atoms with E-state index in [-0.39, 0.29) is 18.1 Å². The van der Waals surface area contributed by atoms with Crippen molar-refractivity contribution in [2.45, 2.75) is 39.2 Å². The van der Waals surface area contributed by atoms with E-state index in [1.807, 2.05) is 13.8 Å². The molecule has 18 heavy (non-hydrogen) atoms. The lowest BCUT2D eigenvalue weighted by atomic mass is 10.0. The SMILES string of the molecule is CC(C)Oc1ccnc(NCC2(CCO)CC2)n1. The maximum atomic E-state index is 9.00. The van der Waals surface area contributed by atoms with Crippen LogP contribution in [0.5, 0.6) is 5.88 Å². The van der Waals surface area contributed by atoms with Gasteiger partial charge in [-0.1, -0.05) is 0 Å². The third-order valence-electron chi connectivity index (χ3n) is 3.21. The molecule has 0 atom stereocenters. The summed E-state index contributed by atoms with van der Waals surface area (Å²) in [4.78, 5) is 8.47. The lowest BCUT2D eigenvalue weighted by Crippen LogP contribution is -2.18. The van der Waals surface area contributed by atoms with E-state index in [1.54, 1.807) is 12.3 Å². The first-order valence-electron chi connectivity index (χ1n) is 6.48. The molecule has 1 aromatic heterocycles. The number of ether oxygens (including phenoxy) is 1. The second kappa shape index (κ2) is 5.52. The molecule has 1 fully saturated rings. The van der Waals surface area contributed by atoms with Crippen LogP contribution in [0.1, 0.15) is 33.1 Å². The zero-order valence-corrected chi connectivity index (χ0v) is 11.0. The Morgan fingerprint density at radius 1 is 1.50 bits per heavy atom. The van der Waals surface area contributed by atoms with Crippen LogP contribution >= 0.6 is 0 Å². The molecule has 1 aliphatic rings. The van der Waals surface area contributed by atoms with Gasteiger partial charge in [-0.3, -0.25) is 0 Å². The van der Waals surface area contributed by atoms with Crippen LogP contribution in [-0.4, -0.2) is 34.3 Å². The minimum atomic E-state index is 0.108. The highest BCUT2D eigenvalue weighted by Gasteiger charge is 2.41. The molecular formula is C13H21N3O2. The summed E-state index contributed by atoms with van der Waals surface area (Å²) in [6.45, 7) is 5.00. The van der Waals surface area contributed by atoms with Gasteiger partial charge in [-0.05, 0) is 38.5 Å². The molecule has 0 amide bonds. The van der Waals surface area contributed by atoms with Crippen molar-refractivity contribution in [3.63, 3.8) is 0 Å². The summed E-state index contributed by atoms with van der Waals surface area (Å²) < 4.78 is 5.52. The molecule has 2 rings (SSSR count). The fourth-order valence-corrected chi connectivity index (χ4v) is 1.93. The van der Waals surface area contributed by atoms with E-state index >= 15 is 0 Å². The van der Waals surface area contributed by atoms with E-state index < -0.39 is 0 Å². The Balaban J connectivity index is 1.89. The smallest absolute Gasteiger partial charge is 0.225 e.